The topological polar surface area (TPSA) is 70.6 Å². The third-order valence-corrected chi connectivity index (χ3v) is 4.69. The maximum Gasteiger partial charge on any atom is 0.191 e. The molecule has 0 spiro atoms. The molecule has 0 aliphatic rings. The molecule has 0 aromatic heterocycles. The van der Waals surface area contributed by atoms with Gasteiger partial charge < -0.3 is 10.6 Å². The van der Waals surface area contributed by atoms with Crippen molar-refractivity contribution in [3.8, 4) is 0 Å². The average molecular weight is 340 g/mol. The van der Waals surface area contributed by atoms with Crippen LogP contribution >= 0.6 is 0 Å². The van der Waals surface area contributed by atoms with Crippen LogP contribution in [0.5, 0.6) is 0 Å². The summed E-state index contributed by atoms with van der Waals surface area (Å²) >= 11 is 0. The zero-order chi connectivity index (χ0) is 17.5. The van der Waals surface area contributed by atoms with Crippen LogP contribution in [-0.4, -0.2) is 46.0 Å². The van der Waals surface area contributed by atoms with Crippen molar-refractivity contribution in [3.05, 3.63) is 35.4 Å². The van der Waals surface area contributed by atoms with Gasteiger partial charge in [-0.15, -0.1) is 0 Å². The van der Waals surface area contributed by atoms with Crippen LogP contribution in [0.3, 0.4) is 0 Å². The number of rotatable bonds is 7. The molecule has 0 amide bonds. The summed E-state index contributed by atoms with van der Waals surface area (Å²) in [5.41, 5.74) is 2.55. The van der Waals surface area contributed by atoms with Crippen molar-refractivity contribution in [1.82, 2.24) is 10.6 Å². The summed E-state index contributed by atoms with van der Waals surface area (Å²) in [5, 5.41) is 6.54. The molecular weight excluding hydrogens is 310 g/mol. The number of sulfone groups is 1. The number of aliphatic imine (C=N–C) groups is 1. The molecule has 0 saturated carbocycles. The van der Waals surface area contributed by atoms with E-state index in [9.17, 15) is 8.42 Å². The van der Waals surface area contributed by atoms with Crippen molar-refractivity contribution in [2.45, 2.75) is 39.2 Å². The minimum Gasteiger partial charge on any atom is -0.356 e. The Labute approximate surface area is 140 Å². The van der Waals surface area contributed by atoms with E-state index in [1.54, 1.807) is 7.05 Å². The van der Waals surface area contributed by atoms with Crippen molar-refractivity contribution in [2.75, 3.05) is 25.6 Å². The Morgan fingerprint density at radius 2 is 2.00 bits per heavy atom. The van der Waals surface area contributed by atoms with Gasteiger partial charge >= 0.3 is 0 Å². The van der Waals surface area contributed by atoms with Crippen LogP contribution in [0.15, 0.2) is 29.3 Å². The van der Waals surface area contributed by atoms with E-state index in [1.165, 1.54) is 17.4 Å². The smallest absolute Gasteiger partial charge is 0.191 e. The first-order chi connectivity index (χ1) is 10.7. The summed E-state index contributed by atoms with van der Waals surface area (Å²) < 4.78 is 22.4. The molecule has 0 aliphatic carbocycles. The molecule has 23 heavy (non-hydrogen) atoms. The predicted molar refractivity (Wildman–Crippen MR) is 97.9 cm³/mol. The second-order valence-corrected chi connectivity index (χ2v) is 8.49. The van der Waals surface area contributed by atoms with E-state index in [0.29, 0.717) is 18.3 Å². The van der Waals surface area contributed by atoms with Crippen molar-refractivity contribution in [3.63, 3.8) is 0 Å². The fourth-order valence-electron chi connectivity index (χ4n) is 2.24. The van der Waals surface area contributed by atoms with Crippen molar-refractivity contribution < 1.29 is 8.42 Å². The van der Waals surface area contributed by atoms with Crippen LogP contribution in [0, 0.1) is 6.92 Å². The first kappa shape index (κ1) is 19.5. The number of hydrogen-bond donors (Lipinski definition) is 2. The normalized spacial score (nSPS) is 15.1. The maximum absolute atomic E-state index is 11.2. The summed E-state index contributed by atoms with van der Waals surface area (Å²) in [4.78, 5) is 4.20. The summed E-state index contributed by atoms with van der Waals surface area (Å²) in [6.07, 6.45) is 1.82. The van der Waals surface area contributed by atoms with Crippen molar-refractivity contribution in [1.29, 1.82) is 0 Å². The molecule has 2 unspecified atom stereocenters. The lowest BCUT2D eigenvalue weighted by molar-refractivity contribution is 0.579. The number of nitrogens with one attached hydrogen (secondary N) is 2. The first-order valence-corrected chi connectivity index (χ1v) is 9.99. The van der Waals surface area contributed by atoms with Crippen LogP contribution in [-0.2, 0) is 9.84 Å². The molecule has 0 bridgehead atoms. The van der Waals surface area contributed by atoms with E-state index in [1.807, 2.05) is 6.92 Å². The summed E-state index contributed by atoms with van der Waals surface area (Å²) in [7, 11) is -1.21. The highest BCUT2D eigenvalue weighted by molar-refractivity contribution is 7.90. The number of guanidine groups is 1. The van der Waals surface area contributed by atoms with Crippen molar-refractivity contribution in [2.24, 2.45) is 4.99 Å². The van der Waals surface area contributed by atoms with E-state index >= 15 is 0 Å². The summed E-state index contributed by atoms with van der Waals surface area (Å²) in [6.45, 7) is 6.99. The third kappa shape index (κ3) is 8.02. The van der Waals surface area contributed by atoms with E-state index in [0.717, 1.165) is 6.54 Å². The third-order valence-electron chi connectivity index (χ3n) is 3.72. The first-order valence-electron chi connectivity index (χ1n) is 7.92. The van der Waals surface area contributed by atoms with Crippen LogP contribution in [0.25, 0.3) is 0 Å². The molecule has 0 aliphatic heterocycles. The van der Waals surface area contributed by atoms with Crippen molar-refractivity contribution >= 4 is 15.8 Å². The largest absolute Gasteiger partial charge is 0.356 e. The Kier molecular flexibility index (Phi) is 7.55. The molecule has 1 aromatic carbocycles. The summed E-state index contributed by atoms with van der Waals surface area (Å²) in [6, 6.07) is 8.53. The molecule has 1 aromatic rings. The quantitative estimate of drug-likeness (QED) is 0.589. The van der Waals surface area contributed by atoms with E-state index < -0.39 is 9.84 Å². The highest BCUT2D eigenvalue weighted by Gasteiger charge is 2.11. The highest BCUT2D eigenvalue weighted by Crippen LogP contribution is 2.15. The molecule has 130 valence electrons. The highest BCUT2D eigenvalue weighted by atomic mass is 32.2. The molecular formula is C17H29N3O2S. The van der Waals surface area contributed by atoms with Crippen LogP contribution in [0.4, 0.5) is 0 Å². The van der Waals surface area contributed by atoms with Crippen LogP contribution in [0.1, 0.15) is 37.3 Å². The van der Waals surface area contributed by atoms with Crippen LogP contribution < -0.4 is 10.6 Å². The van der Waals surface area contributed by atoms with Gasteiger partial charge in [0, 0.05) is 25.9 Å². The summed E-state index contributed by atoms with van der Waals surface area (Å²) in [5.74, 6) is 1.24. The molecule has 0 heterocycles. The second-order valence-electron chi connectivity index (χ2n) is 6.23. The number of aryl methyl sites for hydroxylation is 1. The molecule has 2 N–H and O–H groups in total. The lowest BCUT2D eigenvalue weighted by Crippen LogP contribution is -2.43. The molecule has 0 radical (unpaired) electrons. The maximum atomic E-state index is 11.2. The molecule has 0 fully saturated rings. The predicted octanol–water partition coefficient (Wildman–Crippen LogP) is 2.09. The Balaban J connectivity index is 2.47. The van der Waals surface area contributed by atoms with Gasteiger partial charge in [0.05, 0.1) is 5.75 Å². The average Bonchev–Trinajstić information content (AvgIpc) is 2.48. The van der Waals surface area contributed by atoms with E-state index in [4.69, 9.17) is 0 Å². The minimum absolute atomic E-state index is 0.0465. The molecule has 0 saturated heterocycles. The Morgan fingerprint density at radius 3 is 2.57 bits per heavy atom. The molecule has 5 nitrogen and oxygen atoms in total. The Hall–Kier alpha value is -1.56. The van der Waals surface area contributed by atoms with Gasteiger partial charge in [0.25, 0.3) is 0 Å². The lowest BCUT2D eigenvalue weighted by Gasteiger charge is -2.20. The number of hydrogen-bond acceptors (Lipinski definition) is 3. The van der Waals surface area contributed by atoms with Gasteiger partial charge in [-0.1, -0.05) is 36.8 Å². The Morgan fingerprint density at radius 1 is 1.30 bits per heavy atom. The van der Waals surface area contributed by atoms with Crippen LogP contribution in [0.2, 0.25) is 0 Å². The standard InChI is InChI=1S/C17H29N3O2S/c1-13-7-6-8-16(11-13)14(2)12-19-17(18-4)20-15(3)9-10-23(5,21)22/h6-8,11,14-15H,9-10,12H2,1-5H3,(H2,18,19,20). The second kappa shape index (κ2) is 8.91. The van der Waals surface area contributed by atoms with Gasteiger partial charge in [0.2, 0.25) is 0 Å². The number of nitrogens with zero attached hydrogens (tertiary/aromatic N) is 1. The molecule has 2 atom stereocenters. The van der Waals surface area contributed by atoms with Gasteiger partial charge in [-0.25, -0.2) is 8.42 Å². The minimum atomic E-state index is -2.93. The zero-order valence-electron chi connectivity index (χ0n) is 14.8. The monoisotopic (exact) mass is 339 g/mol. The SMILES string of the molecule is CN=C(NCC(C)c1cccc(C)c1)NC(C)CCS(C)(=O)=O. The Bertz CT molecular complexity index is 626. The fraction of sp³-hybridized carbons (Fsp3) is 0.588. The van der Waals surface area contributed by atoms with Gasteiger partial charge in [0.1, 0.15) is 9.84 Å². The molecule has 6 heteroatoms. The lowest BCUT2D eigenvalue weighted by atomic mass is 9.99. The van der Waals surface area contributed by atoms with Gasteiger partial charge in [0.15, 0.2) is 5.96 Å². The van der Waals surface area contributed by atoms with Gasteiger partial charge in [-0.05, 0) is 31.7 Å². The van der Waals surface area contributed by atoms with Gasteiger partial charge in [-0.2, -0.15) is 0 Å². The fourth-order valence-corrected chi connectivity index (χ4v) is 3.02. The van der Waals surface area contributed by atoms with E-state index in [-0.39, 0.29) is 11.8 Å². The van der Waals surface area contributed by atoms with E-state index in [2.05, 4.69) is 53.7 Å². The number of benzene rings is 1. The molecule has 1 rings (SSSR count). The zero-order valence-corrected chi connectivity index (χ0v) is 15.6. The van der Waals surface area contributed by atoms with Gasteiger partial charge in [-0.3, -0.25) is 4.99 Å².